The Balaban J connectivity index is 1.64. The molecule has 1 N–H and O–H groups in total. The van der Waals surface area contributed by atoms with E-state index in [2.05, 4.69) is 20.9 Å². The van der Waals surface area contributed by atoms with Gasteiger partial charge in [-0.15, -0.1) is 0 Å². The summed E-state index contributed by atoms with van der Waals surface area (Å²) in [4.78, 5) is 31.0. The Hall–Kier alpha value is -2.45. The van der Waals surface area contributed by atoms with Crippen LogP contribution in [0.5, 0.6) is 0 Å². The van der Waals surface area contributed by atoms with E-state index < -0.39 is 29.8 Å². The van der Waals surface area contributed by atoms with Crippen molar-refractivity contribution in [1.29, 1.82) is 0 Å². The number of hydrogen-bond acceptors (Lipinski definition) is 5. The number of nitrogens with zero attached hydrogens (tertiary/aromatic N) is 2. The number of aliphatic carboxylic acids is 1. The van der Waals surface area contributed by atoms with E-state index in [0.29, 0.717) is 12.1 Å². The van der Waals surface area contributed by atoms with Gasteiger partial charge in [0.15, 0.2) is 0 Å². The molecule has 170 valence electrons. The Morgan fingerprint density at radius 1 is 1.09 bits per heavy atom. The van der Waals surface area contributed by atoms with Crippen molar-refractivity contribution < 1.29 is 24.2 Å². The second-order valence-electron chi connectivity index (χ2n) is 8.63. The summed E-state index contributed by atoms with van der Waals surface area (Å²) in [7, 11) is 0. The van der Waals surface area contributed by atoms with Crippen molar-refractivity contribution >= 4 is 28.0 Å². The summed E-state index contributed by atoms with van der Waals surface area (Å²) in [5.74, 6) is -1.05. The highest BCUT2D eigenvalue weighted by molar-refractivity contribution is 9.10. The summed E-state index contributed by atoms with van der Waals surface area (Å²) in [5, 5.41) is 9.31. The number of carboxylic acids is 1. The van der Waals surface area contributed by atoms with E-state index in [-0.39, 0.29) is 13.2 Å². The minimum absolute atomic E-state index is 0.186. The molecule has 0 bridgehead atoms. The van der Waals surface area contributed by atoms with Gasteiger partial charge >= 0.3 is 12.1 Å². The van der Waals surface area contributed by atoms with Crippen molar-refractivity contribution in [2.75, 3.05) is 13.2 Å². The summed E-state index contributed by atoms with van der Waals surface area (Å²) in [5.41, 5.74) is 0.118. The third-order valence-corrected chi connectivity index (χ3v) is 6.95. The Labute approximate surface area is 195 Å². The lowest BCUT2D eigenvalue weighted by atomic mass is 9.76. The van der Waals surface area contributed by atoms with E-state index in [1.54, 1.807) is 11.1 Å². The van der Waals surface area contributed by atoms with Crippen molar-refractivity contribution in [1.82, 2.24) is 9.88 Å². The number of pyridine rings is 1. The number of carboxylic acid groups (broad SMARTS) is 1. The SMILES string of the molecule is O=C(O)COC1(c2ccc(Br)cn2)CN(C(=O)OCc2ccccc2)C2(CCCCC2)C1. The molecule has 8 heteroatoms. The average Bonchev–Trinajstić information content (AvgIpc) is 3.12. The number of benzene rings is 1. The maximum Gasteiger partial charge on any atom is 0.410 e. The molecule has 32 heavy (non-hydrogen) atoms. The predicted molar refractivity (Wildman–Crippen MR) is 121 cm³/mol. The van der Waals surface area contributed by atoms with Crippen LogP contribution in [0.3, 0.4) is 0 Å². The number of carbonyl (C=O) groups is 2. The summed E-state index contributed by atoms with van der Waals surface area (Å²) < 4.78 is 12.5. The number of carbonyl (C=O) groups excluding carboxylic acids is 1. The minimum atomic E-state index is -1.05. The van der Waals surface area contributed by atoms with E-state index >= 15 is 0 Å². The maximum atomic E-state index is 13.3. The Kier molecular flexibility index (Phi) is 6.81. The van der Waals surface area contributed by atoms with Crippen LogP contribution in [0.4, 0.5) is 4.79 Å². The van der Waals surface area contributed by atoms with Crippen LogP contribution in [-0.4, -0.2) is 45.7 Å². The fourth-order valence-corrected chi connectivity index (χ4v) is 5.24. The predicted octanol–water partition coefficient (Wildman–Crippen LogP) is 4.89. The second kappa shape index (κ2) is 9.58. The highest BCUT2D eigenvalue weighted by Gasteiger charge is 2.58. The number of amides is 1. The summed E-state index contributed by atoms with van der Waals surface area (Å²) >= 11 is 3.40. The van der Waals surface area contributed by atoms with Gasteiger partial charge in [0.05, 0.1) is 12.2 Å². The molecule has 0 radical (unpaired) electrons. The molecule has 2 heterocycles. The van der Waals surface area contributed by atoms with Crippen LogP contribution in [0.2, 0.25) is 0 Å². The molecule has 1 atom stereocenters. The van der Waals surface area contributed by atoms with E-state index in [4.69, 9.17) is 9.47 Å². The highest BCUT2D eigenvalue weighted by atomic mass is 79.9. The molecule has 2 aromatic rings. The molecule has 7 nitrogen and oxygen atoms in total. The van der Waals surface area contributed by atoms with E-state index in [9.17, 15) is 14.7 Å². The zero-order valence-corrected chi connectivity index (χ0v) is 19.4. The average molecular weight is 503 g/mol. The summed E-state index contributed by atoms with van der Waals surface area (Å²) in [6.07, 6.45) is 6.58. The number of hydrogen-bond donors (Lipinski definition) is 1. The fourth-order valence-electron chi connectivity index (χ4n) is 5.01. The van der Waals surface area contributed by atoms with Crippen LogP contribution in [0.1, 0.15) is 49.8 Å². The normalized spacial score (nSPS) is 22.1. The first-order chi connectivity index (χ1) is 15.4. The third kappa shape index (κ3) is 4.81. The number of halogens is 1. The molecule has 1 aliphatic heterocycles. The van der Waals surface area contributed by atoms with Crippen molar-refractivity contribution in [3.05, 3.63) is 64.4 Å². The largest absolute Gasteiger partial charge is 0.480 e. The zero-order chi connectivity index (χ0) is 22.6. The lowest BCUT2D eigenvalue weighted by Gasteiger charge is -2.40. The smallest absolute Gasteiger partial charge is 0.410 e. The molecular formula is C24H27BrN2O5. The molecule has 1 aliphatic carbocycles. The monoisotopic (exact) mass is 502 g/mol. The molecule has 1 saturated heterocycles. The van der Waals surface area contributed by atoms with Gasteiger partial charge in [-0.25, -0.2) is 9.59 Å². The molecule has 2 aliphatic rings. The van der Waals surface area contributed by atoms with Crippen LogP contribution in [0.15, 0.2) is 53.1 Å². The Bertz CT molecular complexity index is 947. The van der Waals surface area contributed by atoms with E-state index in [1.807, 2.05) is 42.5 Å². The minimum Gasteiger partial charge on any atom is -0.480 e. The number of likely N-dealkylation sites (tertiary alicyclic amines) is 1. The number of rotatable bonds is 6. The van der Waals surface area contributed by atoms with Gasteiger partial charge in [-0.05, 0) is 46.5 Å². The Morgan fingerprint density at radius 3 is 2.50 bits per heavy atom. The molecule has 1 saturated carbocycles. The summed E-state index contributed by atoms with van der Waals surface area (Å²) in [6, 6.07) is 13.3. The second-order valence-corrected chi connectivity index (χ2v) is 9.54. The van der Waals surface area contributed by atoms with Gasteiger partial charge in [0, 0.05) is 22.6 Å². The standard InChI is InChI=1S/C24H27BrN2O5/c25-19-9-10-20(26-13-19)24(32-15-21(28)29)16-23(11-5-2-6-12-23)27(17-24)22(30)31-14-18-7-3-1-4-8-18/h1,3-4,7-10,13H,2,5-6,11-12,14-17H2,(H,28,29). The zero-order valence-electron chi connectivity index (χ0n) is 17.8. The highest BCUT2D eigenvalue weighted by Crippen LogP contribution is 2.51. The molecule has 1 amide bonds. The van der Waals surface area contributed by atoms with Gasteiger partial charge in [-0.3, -0.25) is 9.88 Å². The van der Waals surface area contributed by atoms with Crippen LogP contribution >= 0.6 is 15.9 Å². The van der Waals surface area contributed by atoms with Crippen LogP contribution < -0.4 is 0 Å². The van der Waals surface area contributed by atoms with Crippen LogP contribution in [0.25, 0.3) is 0 Å². The maximum absolute atomic E-state index is 13.3. The first-order valence-electron chi connectivity index (χ1n) is 10.9. The van der Waals surface area contributed by atoms with Gasteiger partial charge in [0.25, 0.3) is 0 Å². The van der Waals surface area contributed by atoms with Crippen molar-refractivity contribution in [2.24, 2.45) is 0 Å². The van der Waals surface area contributed by atoms with Crippen molar-refractivity contribution in [2.45, 2.75) is 56.3 Å². The van der Waals surface area contributed by atoms with Gasteiger partial charge in [-0.1, -0.05) is 49.6 Å². The van der Waals surface area contributed by atoms with Gasteiger partial charge in [0.2, 0.25) is 0 Å². The van der Waals surface area contributed by atoms with Crippen molar-refractivity contribution in [3.8, 4) is 0 Å². The first-order valence-corrected chi connectivity index (χ1v) is 11.7. The molecule has 1 aromatic carbocycles. The molecule has 2 fully saturated rings. The lowest BCUT2D eigenvalue weighted by Crippen LogP contribution is -2.48. The van der Waals surface area contributed by atoms with E-state index in [1.165, 1.54) is 0 Å². The molecule has 4 rings (SSSR count). The van der Waals surface area contributed by atoms with Gasteiger partial charge in [-0.2, -0.15) is 0 Å². The van der Waals surface area contributed by atoms with Crippen molar-refractivity contribution in [3.63, 3.8) is 0 Å². The Morgan fingerprint density at radius 2 is 1.84 bits per heavy atom. The van der Waals surface area contributed by atoms with Crippen LogP contribution in [-0.2, 0) is 26.5 Å². The van der Waals surface area contributed by atoms with Crippen LogP contribution in [0, 0.1) is 0 Å². The topological polar surface area (TPSA) is 89.0 Å². The fraction of sp³-hybridized carbons (Fsp3) is 0.458. The van der Waals surface area contributed by atoms with E-state index in [0.717, 1.165) is 42.1 Å². The lowest BCUT2D eigenvalue weighted by molar-refractivity contribution is -0.150. The third-order valence-electron chi connectivity index (χ3n) is 6.48. The molecule has 1 aromatic heterocycles. The number of ether oxygens (including phenoxy) is 2. The summed E-state index contributed by atoms with van der Waals surface area (Å²) in [6.45, 7) is -0.0605. The quantitative estimate of drug-likeness (QED) is 0.604. The molecule has 1 unspecified atom stereocenters. The first kappa shape index (κ1) is 22.7. The van der Waals surface area contributed by atoms with Gasteiger partial charge < -0.3 is 14.6 Å². The van der Waals surface area contributed by atoms with Gasteiger partial charge in [0.1, 0.15) is 18.8 Å². The molecular weight excluding hydrogens is 476 g/mol. The molecule has 1 spiro atoms. The number of aromatic nitrogens is 1.